The minimum atomic E-state index is -1.26. The van der Waals surface area contributed by atoms with Crippen LogP contribution >= 0.6 is 23.5 Å². The maximum Gasteiger partial charge on any atom is 0.352 e. The summed E-state index contributed by atoms with van der Waals surface area (Å²) < 4.78 is 1.45. The Kier molecular flexibility index (Phi) is 8.58. The highest BCUT2D eigenvalue weighted by atomic mass is 32.2. The van der Waals surface area contributed by atoms with Crippen LogP contribution in [0.2, 0.25) is 0 Å². The number of tetrazole rings is 2. The van der Waals surface area contributed by atoms with Crippen LogP contribution in [0.25, 0.3) is 0 Å². The van der Waals surface area contributed by atoms with Crippen LogP contribution in [-0.2, 0) is 27.3 Å². The predicted octanol–water partition coefficient (Wildman–Crippen LogP) is -0.456. The molecule has 232 valence electrons. The molecule has 3 aromatic rings. The number of thioether (sulfide) groups is 2. The summed E-state index contributed by atoms with van der Waals surface area (Å²) in [6, 6.07) is 5.17. The number of allylic oxidation sites excluding steroid dienone is 2. The Morgan fingerprint density at radius 3 is 2.80 bits per heavy atom. The fourth-order valence-electron chi connectivity index (χ4n) is 4.78. The Hall–Kier alpha value is -5.08. The summed E-state index contributed by atoms with van der Waals surface area (Å²) in [5, 5.41) is 50.4. The molecule has 0 saturated carbocycles. The zero-order chi connectivity index (χ0) is 31.5. The number of nitrogens with zero attached hydrogens (tertiary/aromatic N) is 9. The van der Waals surface area contributed by atoms with Gasteiger partial charge in [0, 0.05) is 23.4 Å². The first kappa shape index (κ1) is 30.0. The second-order valence-electron chi connectivity index (χ2n) is 9.76. The number of nitrogens with one attached hydrogen (secondary N) is 3. The number of rotatable bonds is 10. The number of carbonyl (C=O) groups excluding carboxylic acids is 3. The molecule has 3 aliphatic heterocycles. The molecule has 6 rings (SSSR count). The number of hydrogen-bond donors (Lipinski definition) is 5. The highest BCUT2D eigenvalue weighted by Crippen LogP contribution is 2.41. The third-order valence-corrected chi connectivity index (χ3v) is 9.27. The van der Waals surface area contributed by atoms with Crippen molar-refractivity contribution in [1.29, 1.82) is 0 Å². The molecule has 0 radical (unpaired) electrons. The van der Waals surface area contributed by atoms with Gasteiger partial charge >= 0.3 is 12.0 Å². The van der Waals surface area contributed by atoms with E-state index in [9.17, 15) is 29.4 Å². The van der Waals surface area contributed by atoms with Crippen molar-refractivity contribution in [2.24, 2.45) is 0 Å². The van der Waals surface area contributed by atoms with Crippen molar-refractivity contribution in [3.8, 4) is 0 Å². The monoisotopic (exact) mass is 652 g/mol. The molecule has 2 aromatic heterocycles. The average Bonchev–Trinajstić information content (AvgIpc) is 3.71. The van der Waals surface area contributed by atoms with Gasteiger partial charge in [-0.1, -0.05) is 41.3 Å². The third kappa shape index (κ3) is 6.28. The maximum atomic E-state index is 13.2. The molecular formula is C25H24N12O6S2. The Labute approximate surface area is 262 Å². The van der Waals surface area contributed by atoms with Crippen LogP contribution in [-0.4, -0.2) is 114 Å². The van der Waals surface area contributed by atoms with Gasteiger partial charge in [-0.05, 0) is 39.8 Å². The van der Waals surface area contributed by atoms with Crippen molar-refractivity contribution < 1.29 is 29.4 Å². The molecule has 1 unspecified atom stereocenters. The first-order valence-electron chi connectivity index (χ1n) is 13.3. The van der Waals surface area contributed by atoms with E-state index in [1.807, 2.05) is 0 Å². The molecule has 5 N–H and O–H groups in total. The molecule has 0 aliphatic carbocycles. The van der Waals surface area contributed by atoms with Gasteiger partial charge in [-0.15, -0.1) is 27.1 Å². The number of H-pyrrole nitrogens is 1. The number of β-lactam (4-membered cyclic amide) rings is 1. The molecular weight excluding hydrogens is 628 g/mol. The van der Waals surface area contributed by atoms with Crippen LogP contribution in [0.15, 0.2) is 65.1 Å². The Morgan fingerprint density at radius 1 is 1.18 bits per heavy atom. The zero-order valence-corrected chi connectivity index (χ0v) is 24.7. The maximum absolute atomic E-state index is 13.2. The number of aromatic nitrogens is 8. The minimum Gasteiger partial charge on any atom is -0.477 e. The highest BCUT2D eigenvalue weighted by Gasteiger charge is 2.54. The second-order valence-corrected chi connectivity index (χ2v) is 11.8. The van der Waals surface area contributed by atoms with Crippen molar-refractivity contribution >= 4 is 53.0 Å². The van der Waals surface area contributed by atoms with Crippen molar-refractivity contribution in [2.45, 2.75) is 35.8 Å². The predicted molar refractivity (Wildman–Crippen MR) is 157 cm³/mol. The van der Waals surface area contributed by atoms with Crippen molar-refractivity contribution in [1.82, 2.24) is 55.9 Å². The number of aliphatic hydroxyl groups is 1. The number of urea groups is 1. The zero-order valence-electron chi connectivity index (χ0n) is 23.0. The molecule has 1 fully saturated rings. The van der Waals surface area contributed by atoms with Gasteiger partial charge < -0.3 is 20.8 Å². The molecule has 20 heteroatoms. The van der Waals surface area contributed by atoms with Crippen LogP contribution in [0.5, 0.6) is 0 Å². The number of benzene rings is 1. The van der Waals surface area contributed by atoms with E-state index >= 15 is 0 Å². The normalized spacial score (nSPS) is 20.6. The number of carboxylic acid groups (broad SMARTS) is 1. The van der Waals surface area contributed by atoms with Crippen LogP contribution in [0.1, 0.15) is 11.4 Å². The van der Waals surface area contributed by atoms with Gasteiger partial charge in [0.05, 0.1) is 6.42 Å². The summed E-state index contributed by atoms with van der Waals surface area (Å²) in [4.78, 5) is 53.5. The summed E-state index contributed by atoms with van der Waals surface area (Å²) in [5.41, 5.74) is 1.23. The van der Waals surface area contributed by atoms with E-state index in [0.717, 1.165) is 4.90 Å². The quantitative estimate of drug-likeness (QED) is 0.138. The molecule has 0 spiro atoms. The van der Waals surface area contributed by atoms with Gasteiger partial charge in [-0.2, -0.15) is 5.21 Å². The Morgan fingerprint density at radius 2 is 2.02 bits per heavy atom. The third-order valence-electron chi connectivity index (χ3n) is 6.89. The van der Waals surface area contributed by atoms with Gasteiger partial charge in [0.1, 0.15) is 23.7 Å². The molecule has 3 atom stereocenters. The van der Waals surface area contributed by atoms with Gasteiger partial charge in [-0.25, -0.2) is 14.3 Å². The van der Waals surface area contributed by atoms with Crippen molar-refractivity contribution in [3.63, 3.8) is 0 Å². The molecule has 4 amide bonds. The number of aliphatic carboxylic acids is 1. The number of anilines is 1. The summed E-state index contributed by atoms with van der Waals surface area (Å²) in [6.07, 6.45) is 4.80. The summed E-state index contributed by atoms with van der Waals surface area (Å²) >= 11 is 2.55. The van der Waals surface area contributed by atoms with Gasteiger partial charge in [0.2, 0.25) is 11.1 Å². The molecule has 45 heavy (non-hydrogen) atoms. The fourth-order valence-corrected chi connectivity index (χ4v) is 7.14. The lowest BCUT2D eigenvalue weighted by Gasteiger charge is -2.49. The minimum absolute atomic E-state index is 0.129. The van der Waals surface area contributed by atoms with E-state index < -0.39 is 41.5 Å². The lowest BCUT2D eigenvalue weighted by Crippen LogP contribution is -2.70. The Balaban J connectivity index is 1.08. The van der Waals surface area contributed by atoms with Gasteiger partial charge in [-0.3, -0.25) is 19.4 Å². The lowest BCUT2D eigenvalue weighted by molar-refractivity contribution is -0.150. The van der Waals surface area contributed by atoms with Crippen LogP contribution < -0.4 is 10.6 Å². The van der Waals surface area contributed by atoms with E-state index in [0.29, 0.717) is 33.6 Å². The van der Waals surface area contributed by atoms with Crippen LogP contribution in [0.3, 0.4) is 0 Å². The number of carbonyl (C=O) groups is 4. The van der Waals surface area contributed by atoms with E-state index in [-0.39, 0.29) is 24.4 Å². The number of aromatic amines is 1. The number of aliphatic hydroxyl groups excluding tert-OH is 1. The number of amides is 4. The topological polar surface area (TPSA) is 237 Å². The SMILES string of the molecule is O=C(Cc1ccccc1NC(=O)N1C=CC=CC1O)N[C@@H]1C(=O)N2C(C(=O)O)=C(CSc3nnnn3Cc3nn[nH]n3)CS[C@H]12. The highest BCUT2D eigenvalue weighted by molar-refractivity contribution is 8.01. The fraction of sp³-hybridized carbons (Fsp3) is 0.280. The molecule has 1 saturated heterocycles. The van der Waals surface area contributed by atoms with Crippen LogP contribution in [0.4, 0.5) is 10.5 Å². The van der Waals surface area contributed by atoms with Crippen molar-refractivity contribution in [2.75, 3.05) is 16.8 Å². The standard InChI is InChI=1S/C25H24N12O6S2/c38-17(9-13-5-1-2-6-15(13)26-24(43)35-8-4-3-7-18(35)39)27-19-21(40)37-20(23(41)42)14(11-44-22(19)37)12-45-25-30-33-34-36(25)10-16-28-31-32-29-16/h1-8,18-19,22,39H,9-12H2,(H,26,43)(H,27,38)(H,41,42)(H,28,29,31,32)/t18?,19-,22-/m1/s1. The van der Waals surface area contributed by atoms with E-state index in [2.05, 4.69) is 46.8 Å². The van der Waals surface area contributed by atoms with Crippen molar-refractivity contribution in [3.05, 3.63) is 71.4 Å². The van der Waals surface area contributed by atoms with Gasteiger partial charge in [0.25, 0.3) is 5.91 Å². The number of para-hydroxylation sites is 1. The number of carboxylic acids is 1. The summed E-state index contributed by atoms with van der Waals surface area (Å²) in [7, 11) is 0. The van der Waals surface area contributed by atoms with E-state index in [1.54, 1.807) is 36.4 Å². The first-order chi connectivity index (χ1) is 21.8. The summed E-state index contributed by atoms with van der Waals surface area (Å²) in [5.74, 6) is -1.39. The van der Waals surface area contributed by atoms with Gasteiger partial charge in [0.15, 0.2) is 12.1 Å². The second kappa shape index (κ2) is 12.9. The lowest BCUT2D eigenvalue weighted by atomic mass is 10.0. The largest absolute Gasteiger partial charge is 0.477 e. The average molecular weight is 653 g/mol. The molecule has 5 heterocycles. The number of hydrogen-bond acceptors (Lipinski definition) is 13. The van der Waals surface area contributed by atoms with E-state index in [4.69, 9.17) is 0 Å². The number of fused-ring (bicyclic) bond motifs is 1. The molecule has 18 nitrogen and oxygen atoms in total. The van der Waals surface area contributed by atoms with E-state index in [1.165, 1.54) is 45.4 Å². The smallest absolute Gasteiger partial charge is 0.352 e. The molecule has 1 aromatic carbocycles. The first-order valence-corrected chi connectivity index (χ1v) is 15.3. The molecule has 3 aliphatic rings. The van der Waals surface area contributed by atoms with Crippen LogP contribution in [0, 0.1) is 0 Å². The summed E-state index contributed by atoms with van der Waals surface area (Å²) in [6.45, 7) is 0.160. The Bertz CT molecular complexity index is 1720. The molecule has 0 bridgehead atoms.